The third kappa shape index (κ3) is 8.25. The molecule has 1 aliphatic rings. The van der Waals surface area contributed by atoms with Crippen LogP contribution >= 0.6 is 23.2 Å². The number of carboxylic acids is 1. The molecule has 4 rings (SSSR count). The third-order valence-corrected chi connectivity index (χ3v) is 8.43. The van der Waals surface area contributed by atoms with Crippen LogP contribution < -0.4 is 15.8 Å². The van der Waals surface area contributed by atoms with E-state index in [0.29, 0.717) is 18.7 Å². The molecule has 13 heteroatoms. The molecule has 4 atom stereocenters. The van der Waals surface area contributed by atoms with Gasteiger partial charge in [-0.3, -0.25) is 10.1 Å². The van der Waals surface area contributed by atoms with E-state index in [4.69, 9.17) is 28.9 Å². The van der Waals surface area contributed by atoms with E-state index in [1.54, 1.807) is 24.3 Å². The van der Waals surface area contributed by atoms with Gasteiger partial charge >= 0.3 is 5.97 Å². The van der Waals surface area contributed by atoms with Gasteiger partial charge in [-0.2, -0.15) is 5.26 Å². The number of carbonyl (C=O) groups is 1. The lowest BCUT2D eigenvalue weighted by Gasteiger charge is -2.37. The minimum atomic E-state index is -3.11. The molecule has 1 saturated heterocycles. The largest absolute Gasteiger partial charge is 0.480 e. The highest BCUT2D eigenvalue weighted by Crippen LogP contribution is 2.52. The number of hydrogen-bond donors (Lipinski definition) is 4. The number of nitriles is 1. The molecule has 0 bridgehead atoms. The van der Waals surface area contributed by atoms with Crippen LogP contribution in [0.25, 0.3) is 0 Å². The quantitative estimate of drug-likeness (QED) is 0.226. The fourth-order valence-corrected chi connectivity index (χ4v) is 6.16. The summed E-state index contributed by atoms with van der Waals surface area (Å²) >= 11 is 11.9. The second-order valence-electron chi connectivity index (χ2n) is 11.9. The van der Waals surface area contributed by atoms with Crippen LogP contribution in [0.4, 0.5) is 14.5 Å². The summed E-state index contributed by atoms with van der Waals surface area (Å²) in [4.78, 5) is 12.2. The molecule has 0 unspecified atom stereocenters. The fourth-order valence-electron chi connectivity index (χ4n) is 5.39. The number of rotatable bonds is 7. The van der Waals surface area contributed by atoms with E-state index in [0.717, 1.165) is 17.9 Å². The highest BCUT2D eigenvalue weighted by Gasteiger charge is 2.61. The predicted molar refractivity (Wildman–Crippen MR) is 168 cm³/mol. The number of nitrogens with one attached hydrogen (secondary N) is 2. The summed E-state index contributed by atoms with van der Waals surface area (Å²) < 4.78 is 54.2. The Morgan fingerprint density at radius 1 is 1.14 bits per heavy atom. The minimum absolute atomic E-state index is 0.0331. The normalized spacial score (nSPS) is 21.7. The Morgan fingerprint density at radius 3 is 2.30 bits per heavy atom. The third-order valence-electron chi connectivity index (χ3n) is 7.23. The molecular formula is C31H34Cl2F2N4O4S. The van der Waals surface area contributed by atoms with Crippen LogP contribution in [0, 0.1) is 28.4 Å². The van der Waals surface area contributed by atoms with E-state index in [9.17, 15) is 23.6 Å². The zero-order valence-corrected chi connectivity index (χ0v) is 26.9. The Morgan fingerprint density at radius 2 is 1.77 bits per heavy atom. The number of benzene rings is 3. The second kappa shape index (κ2) is 13.8. The van der Waals surface area contributed by atoms with Crippen molar-refractivity contribution in [1.29, 1.82) is 5.26 Å². The minimum Gasteiger partial charge on any atom is -0.480 e. The van der Waals surface area contributed by atoms with Crippen LogP contribution in [0.1, 0.15) is 49.8 Å². The van der Waals surface area contributed by atoms with Gasteiger partial charge in [0.15, 0.2) is 0 Å². The SMILES string of the molecule is CC(C)(C)C[C@@H]1N[C@@H](C(=O)O)[C@H](c2cccc(Cl)c2F)[C@@]1(C#N)c1ccc(Cl)cc1F.CS(=O)(=O)NCc1ccc(N)cc1. The summed E-state index contributed by atoms with van der Waals surface area (Å²) in [5.74, 6) is -4.09. The average Bonchev–Trinajstić information content (AvgIpc) is 3.23. The maximum atomic E-state index is 15.2. The lowest BCUT2D eigenvalue weighted by atomic mass is 9.62. The Kier molecular flexibility index (Phi) is 11.0. The smallest absolute Gasteiger partial charge is 0.321 e. The van der Waals surface area contributed by atoms with Crippen molar-refractivity contribution in [1.82, 2.24) is 10.0 Å². The summed E-state index contributed by atoms with van der Waals surface area (Å²) in [7, 11) is -3.11. The van der Waals surface area contributed by atoms with Crippen molar-refractivity contribution in [2.45, 2.75) is 57.2 Å². The summed E-state index contributed by atoms with van der Waals surface area (Å²) in [6.07, 6.45) is 1.47. The van der Waals surface area contributed by atoms with E-state index in [1.807, 2.05) is 20.8 Å². The molecule has 1 fully saturated rings. The van der Waals surface area contributed by atoms with Gasteiger partial charge in [0, 0.05) is 34.8 Å². The molecule has 0 aromatic heterocycles. The molecule has 5 N–H and O–H groups in total. The van der Waals surface area contributed by atoms with Crippen molar-refractivity contribution in [3.8, 4) is 6.07 Å². The average molecular weight is 668 g/mol. The van der Waals surface area contributed by atoms with E-state index < -0.39 is 51.0 Å². The highest BCUT2D eigenvalue weighted by molar-refractivity contribution is 7.88. The van der Waals surface area contributed by atoms with Crippen molar-refractivity contribution >= 4 is 44.9 Å². The number of anilines is 1. The first kappa shape index (κ1) is 35.2. The van der Waals surface area contributed by atoms with Gasteiger partial charge in [-0.05, 0) is 53.3 Å². The van der Waals surface area contributed by atoms with Gasteiger partial charge in [0.05, 0.1) is 17.3 Å². The van der Waals surface area contributed by atoms with Crippen molar-refractivity contribution in [3.63, 3.8) is 0 Å². The zero-order valence-electron chi connectivity index (χ0n) is 24.5. The summed E-state index contributed by atoms with van der Waals surface area (Å²) in [6, 6.07) is 15.2. The van der Waals surface area contributed by atoms with E-state index in [-0.39, 0.29) is 26.6 Å². The van der Waals surface area contributed by atoms with Gasteiger partial charge in [0.1, 0.15) is 23.1 Å². The molecule has 0 spiro atoms. The van der Waals surface area contributed by atoms with Gasteiger partial charge in [0.2, 0.25) is 10.0 Å². The van der Waals surface area contributed by atoms with Crippen molar-refractivity contribution < 1.29 is 27.1 Å². The van der Waals surface area contributed by atoms with Gasteiger partial charge in [-0.1, -0.05) is 74.3 Å². The lowest BCUT2D eigenvalue weighted by Crippen LogP contribution is -2.44. The first-order valence-corrected chi connectivity index (χ1v) is 16.1. The molecule has 3 aromatic carbocycles. The standard InChI is InChI=1S/C23H22Cl2F2N2O2.C8H12N2O2S/c1-22(2,3)10-17-23(11-28,14-8-7-12(24)9-16(14)26)18(20(29-17)21(30)31)13-5-4-6-15(25)19(13)27;1-13(11,12)10-6-7-2-4-8(9)5-3-7/h4-9,17-18,20,29H,10H2,1-3H3,(H,30,31);2-5,10H,6,9H2,1H3/t17-,18-,20+,23-;/m0./s1. The molecule has 8 nitrogen and oxygen atoms in total. The summed E-state index contributed by atoms with van der Waals surface area (Å²) in [5, 5.41) is 23.4. The molecule has 0 amide bonds. The predicted octanol–water partition coefficient (Wildman–Crippen LogP) is 6.00. The molecular weight excluding hydrogens is 633 g/mol. The number of nitrogens with two attached hydrogens (primary N) is 1. The molecule has 0 aliphatic carbocycles. The molecule has 1 aliphatic heterocycles. The van der Waals surface area contributed by atoms with Crippen LogP contribution in [0.15, 0.2) is 60.7 Å². The highest BCUT2D eigenvalue weighted by atomic mass is 35.5. The summed E-state index contributed by atoms with van der Waals surface area (Å²) in [6.45, 7) is 6.09. The first-order chi connectivity index (χ1) is 20.4. The number of carboxylic acid groups (broad SMARTS) is 1. The Bertz CT molecular complexity index is 1660. The Labute approximate surface area is 266 Å². The molecule has 1 heterocycles. The van der Waals surface area contributed by atoms with E-state index in [1.165, 1.54) is 30.3 Å². The zero-order chi connectivity index (χ0) is 33.0. The molecule has 44 heavy (non-hydrogen) atoms. The van der Waals surface area contributed by atoms with Crippen LogP contribution in [0.2, 0.25) is 10.0 Å². The number of nitrogen functional groups attached to an aromatic ring is 1. The van der Waals surface area contributed by atoms with Gasteiger partial charge in [-0.15, -0.1) is 0 Å². The van der Waals surface area contributed by atoms with Crippen molar-refractivity contribution in [3.05, 3.63) is 99.0 Å². The van der Waals surface area contributed by atoms with Crippen LogP contribution in [-0.2, 0) is 26.8 Å². The van der Waals surface area contributed by atoms with Gasteiger partial charge < -0.3 is 10.8 Å². The van der Waals surface area contributed by atoms with Crippen molar-refractivity contribution in [2.24, 2.45) is 5.41 Å². The first-order valence-electron chi connectivity index (χ1n) is 13.5. The number of sulfonamides is 1. The van der Waals surface area contributed by atoms with Crippen LogP contribution in [0.3, 0.4) is 0 Å². The number of nitrogens with zero attached hydrogens (tertiary/aromatic N) is 1. The molecule has 0 saturated carbocycles. The van der Waals surface area contributed by atoms with E-state index >= 15 is 8.78 Å². The topological polar surface area (TPSA) is 145 Å². The van der Waals surface area contributed by atoms with Gasteiger partial charge in [-0.25, -0.2) is 21.9 Å². The monoisotopic (exact) mass is 666 g/mol. The number of halogens is 4. The Balaban J connectivity index is 0.000000340. The molecule has 0 radical (unpaired) electrons. The number of hydrogen-bond acceptors (Lipinski definition) is 6. The Hall–Kier alpha value is -3.27. The lowest BCUT2D eigenvalue weighted by molar-refractivity contribution is -0.139. The molecule has 236 valence electrons. The maximum absolute atomic E-state index is 15.2. The molecule has 3 aromatic rings. The van der Waals surface area contributed by atoms with Crippen LogP contribution in [-0.4, -0.2) is 37.8 Å². The van der Waals surface area contributed by atoms with Crippen LogP contribution in [0.5, 0.6) is 0 Å². The summed E-state index contributed by atoms with van der Waals surface area (Å²) in [5.41, 5.74) is 4.87. The van der Waals surface area contributed by atoms with E-state index in [2.05, 4.69) is 16.1 Å². The van der Waals surface area contributed by atoms with Crippen molar-refractivity contribution in [2.75, 3.05) is 12.0 Å². The maximum Gasteiger partial charge on any atom is 0.321 e. The van der Waals surface area contributed by atoms with Gasteiger partial charge in [0.25, 0.3) is 0 Å². The number of aliphatic carboxylic acids is 1. The fraction of sp³-hybridized carbons (Fsp3) is 0.355. The second-order valence-corrected chi connectivity index (χ2v) is 14.5.